The first kappa shape index (κ1) is 26.3. The van der Waals surface area contributed by atoms with E-state index < -0.39 is 11.7 Å². The third-order valence-corrected chi connectivity index (χ3v) is 7.86. The number of nitrogens with one attached hydrogen (secondary N) is 2. The summed E-state index contributed by atoms with van der Waals surface area (Å²) in [6.45, 7) is 4.59. The molecule has 41 heavy (non-hydrogen) atoms. The van der Waals surface area contributed by atoms with Crippen LogP contribution in [-0.2, 0) is 4.79 Å². The van der Waals surface area contributed by atoms with Gasteiger partial charge in [0.05, 0.1) is 34.8 Å². The van der Waals surface area contributed by atoms with Gasteiger partial charge >= 0.3 is 0 Å². The number of carbonyl (C=O) groups excluding carboxylic acids is 3. The van der Waals surface area contributed by atoms with Crippen molar-refractivity contribution in [2.45, 2.75) is 19.9 Å². The van der Waals surface area contributed by atoms with Crippen molar-refractivity contribution in [3.63, 3.8) is 0 Å². The van der Waals surface area contributed by atoms with E-state index >= 15 is 0 Å². The van der Waals surface area contributed by atoms with E-state index in [1.54, 1.807) is 17.0 Å². The average Bonchev–Trinajstić information content (AvgIpc) is 3.76. The molecule has 2 N–H and O–H groups in total. The molecule has 208 valence electrons. The van der Waals surface area contributed by atoms with Crippen LogP contribution in [0.3, 0.4) is 0 Å². The van der Waals surface area contributed by atoms with Crippen molar-refractivity contribution >= 4 is 39.8 Å². The van der Waals surface area contributed by atoms with Crippen LogP contribution in [0.5, 0.6) is 5.75 Å². The summed E-state index contributed by atoms with van der Waals surface area (Å²) in [7, 11) is 1.47. The highest BCUT2D eigenvalue weighted by molar-refractivity contribution is 7.09. The fraction of sp³-hybridized carbons (Fsp3) is 0.250. The standard InChI is InChI=1S/C28H26N8O4S/c1-15-13-35(9-10-36(15)27(38)17-7-5-4-6-8-17)28(39)24(37)18-11-29-22-21(18)20(40-3)12-30-23(22)26-32-25(33-34-26)19-14-41-16(2)31-19/h4-8,11-12,14-15,29H,9-10,13H2,1-3H3,(H,32,33,34). The number of aromatic nitrogens is 6. The van der Waals surface area contributed by atoms with Crippen LogP contribution in [0, 0.1) is 6.92 Å². The molecule has 0 saturated carbocycles. The minimum Gasteiger partial charge on any atom is -0.494 e. The van der Waals surface area contributed by atoms with Crippen molar-refractivity contribution < 1.29 is 19.1 Å². The SMILES string of the molecule is COc1cnc(-c2nc(-c3csc(C)n3)n[nH]2)c2[nH]cc(C(=O)C(=O)N3CCN(C(=O)c4ccccc4)C(C)C3)c12. The number of amides is 2. The number of ether oxygens (including phenoxy) is 1. The van der Waals surface area contributed by atoms with Gasteiger partial charge in [0.15, 0.2) is 5.82 Å². The zero-order valence-corrected chi connectivity index (χ0v) is 23.4. The lowest BCUT2D eigenvalue weighted by Crippen LogP contribution is -2.56. The van der Waals surface area contributed by atoms with Gasteiger partial charge < -0.3 is 19.5 Å². The molecule has 5 aromatic rings. The molecule has 1 aliphatic rings. The first-order valence-corrected chi connectivity index (χ1v) is 13.8. The number of H-pyrrole nitrogens is 2. The minimum absolute atomic E-state index is 0.0987. The summed E-state index contributed by atoms with van der Waals surface area (Å²) in [4.78, 5) is 59.7. The van der Waals surface area contributed by atoms with Gasteiger partial charge in [-0.05, 0) is 26.0 Å². The topological polar surface area (TPSA) is 150 Å². The Morgan fingerprint density at radius 3 is 2.63 bits per heavy atom. The number of aromatic amines is 2. The van der Waals surface area contributed by atoms with Crippen LogP contribution in [0.15, 0.2) is 48.1 Å². The van der Waals surface area contributed by atoms with Crippen molar-refractivity contribution in [2.24, 2.45) is 0 Å². The molecular formula is C28H26N8O4S. The van der Waals surface area contributed by atoms with Gasteiger partial charge in [-0.25, -0.2) is 15.0 Å². The van der Waals surface area contributed by atoms with Crippen molar-refractivity contribution in [3.8, 4) is 28.8 Å². The molecule has 13 heteroatoms. The van der Waals surface area contributed by atoms with E-state index in [2.05, 4.69) is 30.1 Å². The number of hydrogen-bond donors (Lipinski definition) is 2. The number of thiazole rings is 1. The summed E-state index contributed by atoms with van der Waals surface area (Å²) in [5, 5.41) is 10.3. The van der Waals surface area contributed by atoms with Crippen molar-refractivity contribution in [1.29, 1.82) is 0 Å². The lowest BCUT2D eigenvalue weighted by atomic mass is 10.1. The molecule has 6 rings (SSSR count). The molecule has 0 aliphatic carbocycles. The summed E-state index contributed by atoms with van der Waals surface area (Å²) < 4.78 is 5.51. The Labute approximate surface area is 238 Å². The smallest absolute Gasteiger partial charge is 0.295 e. The Hall–Kier alpha value is -4.91. The van der Waals surface area contributed by atoms with Crippen molar-refractivity contribution in [2.75, 3.05) is 26.7 Å². The van der Waals surface area contributed by atoms with Gasteiger partial charge in [-0.2, -0.15) is 5.10 Å². The normalized spacial score (nSPS) is 15.3. The maximum absolute atomic E-state index is 13.6. The van der Waals surface area contributed by atoms with E-state index in [0.717, 1.165) is 5.01 Å². The van der Waals surface area contributed by atoms with Crippen LogP contribution in [0.25, 0.3) is 33.9 Å². The van der Waals surface area contributed by atoms with Gasteiger partial charge in [0.2, 0.25) is 5.82 Å². The number of aryl methyl sites for hydroxylation is 1. The van der Waals surface area contributed by atoms with Gasteiger partial charge in [-0.1, -0.05) is 18.2 Å². The van der Waals surface area contributed by atoms with Gasteiger partial charge in [0.1, 0.15) is 17.1 Å². The van der Waals surface area contributed by atoms with Crippen LogP contribution in [0.2, 0.25) is 0 Å². The molecule has 4 aromatic heterocycles. The molecule has 1 aliphatic heterocycles. The highest BCUT2D eigenvalue weighted by Crippen LogP contribution is 2.34. The second-order valence-electron chi connectivity index (χ2n) is 9.68. The number of Topliss-reactive ketones (excluding diaryl/α,β-unsaturated/α-hetero) is 1. The Morgan fingerprint density at radius 2 is 1.93 bits per heavy atom. The molecule has 1 unspecified atom stereocenters. The zero-order chi connectivity index (χ0) is 28.7. The monoisotopic (exact) mass is 570 g/mol. The number of piperazine rings is 1. The second kappa shape index (κ2) is 10.6. The molecule has 0 bridgehead atoms. The lowest BCUT2D eigenvalue weighted by molar-refractivity contribution is -0.128. The Bertz CT molecular complexity index is 1780. The van der Waals surface area contributed by atoms with E-state index in [4.69, 9.17) is 4.74 Å². The highest BCUT2D eigenvalue weighted by atomic mass is 32.1. The number of fused-ring (bicyclic) bond motifs is 1. The lowest BCUT2D eigenvalue weighted by Gasteiger charge is -2.39. The van der Waals surface area contributed by atoms with Crippen molar-refractivity contribution in [3.05, 3.63) is 64.2 Å². The number of benzene rings is 1. The largest absolute Gasteiger partial charge is 0.494 e. The quantitative estimate of drug-likeness (QED) is 0.233. The number of hydrogen-bond acceptors (Lipinski definition) is 9. The molecule has 5 heterocycles. The van der Waals surface area contributed by atoms with Gasteiger partial charge in [0, 0.05) is 42.8 Å². The van der Waals surface area contributed by atoms with Crippen LogP contribution < -0.4 is 4.74 Å². The maximum Gasteiger partial charge on any atom is 0.295 e. The Kier molecular flexibility index (Phi) is 6.79. The highest BCUT2D eigenvalue weighted by Gasteiger charge is 2.34. The number of methoxy groups -OCH3 is 1. The van der Waals surface area contributed by atoms with Gasteiger partial charge in [-0.3, -0.25) is 19.5 Å². The van der Waals surface area contributed by atoms with Crippen LogP contribution >= 0.6 is 11.3 Å². The first-order valence-electron chi connectivity index (χ1n) is 12.9. The van der Waals surface area contributed by atoms with Gasteiger partial charge in [0.25, 0.3) is 17.6 Å². The molecule has 1 saturated heterocycles. The fourth-order valence-electron chi connectivity index (χ4n) is 5.03. The maximum atomic E-state index is 13.6. The molecule has 2 amide bonds. The van der Waals surface area contributed by atoms with E-state index in [0.29, 0.717) is 51.8 Å². The predicted molar refractivity (Wildman–Crippen MR) is 152 cm³/mol. The van der Waals surface area contributed by atoms with Crippen LogP contribution in [-0.4, -0.2) is 90.3 Å². The molecule has 1 fully saturated rings. The summed E-state index contributed by atoms with van der Waals surface area (Å²) in [6.07, 6.45) is 2.97. The number of nitrogens with zero attached hydrogens (tertiary/aromatic N) is 6. The fourth-order valence-corrected chi connectivity index (χ4v) is 5.62. The number of rotatable bonds is 6. The molecular weight excluding hydrogens is 544 g/mol. The predicted octanol–water partition coefficient (Wildman–Crippen LogP) is 3.34. The van der Waals surface area contributed by atoms with Gasteiger partial charge in [-0.15, -0.1) is 11.3 Å². The molecule has 12 nitrogen and oxygen atoms in total. The minimum atomic E-state index is -0.682. The third-order valence-electron chi connectivity index (χ3n) is 7.09. The Balaban J connectivity index is 1.25. The second-order valence-corrected chi connectivity index (χ2v) is 10.7. The third kappa shape index (κ3) is 4.73. The van der Waals surface area contributed by atoms with E-state index in [1.807, 2.05) is 37.4 Å². The van der Waals surface area contributed by atoms with E-state index in [-0.39, 0.29) is 30.6 Å². The van der Waals surface area contributed by atoms with Crippen LogP contribution in [0.1, 0.15) is 32.6 Å². The summed E-state index contributed by atoms with van der Waals surface area (Å²) >= 11 is 1.50. The summed E-state index contributed by atoms with van der Waals surface area (Å²) in [5.74, 6) is -0.296. The number of carbonyl (C=O) groups is 3. The average molecular weight is 571 g/mol. The number of pyridine rings is 1. The van der Waals surface area contributed by atoms with E-state index in [9.17, 15) is 14.4 Å². The van der Waals surface area contributed by atoms with Crippen LogP contribution in [0.4, 0.5) is 0 Å². The molecule has 0 spiro atoms. The summed E-state index contributed by atoms with van der Waals surface area (Å²) in [6, 6.07) is 8.76. The molecule has 0 radical (unpaired) electrons. The molecule has 1 atom stereocenters. The molecule has 1 aromatic carbocycles. The zero-order valence-electron chi connectivity index (χ0n) is 22.5. The first-order chi connectivity index (χ1) is 19.9. The van der Waals surface area contributed by atoms with E-state index in [1.165, 1.54) is 35.7 Å². The summed E-state index contributed by atoms with van der Waals surface area (Å²) in [5.41, 5.74) is 2.29. The van der Waals surface area contributed by atoms with Crippen molar-refractivity contribution in [1.82, 2.24) is 39.9 Å². The number of ketones is 1. The Morgan fingerprint density at radius 1 is 1.12 bits per heavy atom.